The van der Waals surface area contributed by atoms with Gasteiger partial charge in [-0.3, -0.25) is 0 Å². The largest absolute Gasteiger partial charge is 0.465 e. The molecular weight excluding hydrogens is 671 g/mol. The molecule has 1 aliphatic carbocycles. The van der Waals surface area contributed by atoms with Crippen LogP contribution in [0.3, 0.4) is 0 Å². The molecule has 0 bridgehead atoms. The van der Waals surface area contributed by atoms with Crippen molar-refractivity contribution < 1.29 is 23.8 Å². The van der Waals surface area contributed by atoms with Gasteiger partial charge in [-0.25, -0.2) is 14.6 Å². The Bertz CT molecular complexity index is 1830. The van der Waals surface area contributed by atoms with Crippen molar-refractivity contribution in [2.75, 3.05) is 40.4 Å². The van der Waals surface area contributed by atoms with Crippen molar-refractivity contribution in [3.05, 3.63) is 83.9 Å². The fraction of sp³-hybridized carbons (Fsp3) is 0.465. The number of rotatable bonds is 6. The van der Waals surface area contributed by atoms with Crippen LogP contribution in [0.4, 0.5) is 4.79 Å². The molecule has 2 fully saturated rings. The second-order valence-corrected chi connectivity index (χ2v) is 16.1. The monoisotopic (exact) mass is 723 g/mol. The number of esters is 1. The third kappa shape index (κ3) is 8.93. The van der Waals surface area contributed by atoms with Crippen molar-refractivity contribution in [1.29, 1.82) is 0 Å². The van der Waals surface area contributed by atoms with E-state index in [0.29, 0.717) is 25.1 Å². The molecule has 0 spiro atoms. The van der Waals surface area contributed by atoms with Crippen LogP contribution in [0.5, 0.6) is 0 Å². The Hall–Kier alpha value is -4.05. The average Bonchev–Trinajstić information content (AvgIpc) is 3.62. The smallest absolute Gasteiger partial charge is 0.410 e. The zero-order valence-corrected chi connectivity index (χ0v) is 32.2. The van der Waals surface area contributed by atoms with Crippen molar-refractivity contribution in [1.82, 2.24) is 15.2 Å². The first-order valence-electron chi connectivity index (χ1n) is 18.7. The van der Waals surface area contributed by atoms with Gasteiger partial charge in [0.15, 0.2) is 0 Å². The SMILES string of the molecule is COC(=O)c1ccc(-c2ccc(-c3nc4ccccc4s3)cc2)cc1C1=CCN(C(=O)OC(C)(C)C)CC1.COC1(C2CCCCC2)CCNCC1. The number of carbonyl (C=O) groups excluding carboxylic acids is 2. The van der Waals surface area contributed by atoms with Crippen molar-refractivity contribution in [2.45, 2.75) is 83.3 Å². The minimum absolute atomic E-state index is 0.228. The molecule has 3 aliphatic rings. The molecule has 1 amide bonds. The standard InChI is InChI=1S/C31H30N2O4S.C12H23NO/c1-31(2,3)37-30(35)33-17-15-21(16-18-33)25-19-23(13-14-24(25)29(34)36-4)20-9-11-22(12-10-20)28-32-26-7-5-6-8-27(26)38-28;1-14-12(7-9-13-10-8-12)11-5-3-2-4-6-11/h5-15,19H,16-18H2,1-4H3;11,13H,2-10H2,1H3. The summed E-state index contributed by atoms with van der Waals surface area (Å²) in [5.74, 6) is 0.455. The summed E-state index contributed by atoms with van der Waals surface area (Å²) in [5.41, 5.74) is 6.15. The normalized spacial score (nSPS) is 17.9. The molecule has 2 aliphatic heterocycles. The van der Waals surface area contributed by atoms with Crippen molar-refractivity contribution in [2.24, 2.45) is 5.92 Å². The highest BCUT2D eigenvalue weighted by molar-refractivity contribution is 7.21. The van der Waals surface area contributed by atoms with Gasteiger partial charge in [0.1, 0.15) is 10.6 Å². The number of methoxy groups -OCH3 is 2. The van der Waals surface area contributed by atoms with Gasteiger partial charge in [0.2, 0.25) is 0 Å². The number of hydrogen-bond donors (Lipinski definition) is 1. The van der Waals surface area contributed by atoms with E-state index in [1.165, 1.54) is 56.8 Å². The van der Waals surface area contributed by atoms with Gasteiger partial charge in [0.25, 0.3) is 0 Å². The van der Waals surface area contributed by atoms with Gasteiger partial charge in [-0.1, -0.05) is 67.8 Å². The zero-order valence-electron chi connectivity index (χ0n) is 31.3. The molecule has 1 aromatic heterocycles. The van der Waals surface area contributed by atoms with E-state index >= 15 is 0 Å². The maximum Gasteiger partial charge on any atom is 0.410 e. The highest BCUT2D eigenvalue weighted by Crippen LogP contribution is 2.40. The molecule has 1 saturated carbocycles. The molecule has 3 aromatic carbocycles. The summed E-state index contributed by atoms with van der Waals surface area (Å²) >= 11 is 1.68. The molecule has 7 rings (SSSR count). The van der Waals surface area contributed by atoms with Crippen molar-refractivity contribution in [3.8, 4) is 21.7 Å². The maximum absolute atomic E-state index is 12.6. The third-order valence-electron chi connectivity index (χ3n) is 10.6. The Labute approximate surface area is 312 Å². The number of fused-ring (bicyclic) bond motifs is 1. The first-order chi connectivity index (χ1) is 25.1. The summed E-state index contributed by atoms with van der Waals surface area (Å²) < 4.78 is 17.6. The molecule has 9 heteroatoms. The molecule has 1 saturated heterocycles. The minimum Gasteiger partial charge on any atom is -0.465 e. The summed E-state index contributed by atoms with van der Waals surface area (Å²) in [6, 6.07) is 22.3. The summed E-state index contributed by atoms with van der Waals surface area (Å²) in [6.45, 7) is 8.80. The second-order valence-electron chi connectivity index (χ2n) is 15.1. The van der Waals surface area contributed by atoms with Gasteiger partial charge in [-0.2, -0.15) is 0 Å². The van der Waals surface area contributed by atoms with Gasteiger partial charge >= 0.3 is 12.1 Å². The number of nitrogens with one attached hydrogen (secondary N) is 1. The second kappa shape index (κ2) is 16.7. The molecular formula is C43H53N3O5S. The first-order valence-corrected chi connectivity index (χ1v) is 19.5. The summed E-state index contributed by atoms with van der Waals surface area (Å²) in [5, 5.41) is 4.42. The molecule has 52 heavy (non-hydrogen) atoms. The summed E-state index contributed by atoms with van der Waals surface area (Å²) in [4.78, 5) is 31.5. The zero-order chi connectivity index (χ0) is 36.7. The van der Waals surface area contributed by atoms with Crippen molar-refractivity contribution in [3.63, 3.8) is 0 Å². The lowest BCUT2D eigenvalue weighted by Crippen LogP contribution is -2.49. The third-order valence-corrected chi connectivity index (χ3v) is 11.7. The van der Waals surface area contributed by atoms with E-state index in [0.717, 1.165) is 57.4 Å². The van der Waals surface area contributed by atoms with Crippen LogP contribution >= 0.6 is 11.3 Å². The van der Waals surface area contributed by atoms with Crippen molar-refractivity contribution >= 4 is 39.2 Å². The molecule has 1 N–H and O–H groups in total. The molecule has 4 aromatic rings. The van der Waals surface area contributed by atoms with Gasteiger partial charge in [-0.15, -0.1) is 11.3 Å². The van der Waals surface area contributed by atoms with Gasteiger partial charge in [0, 0.05) is 25.8 Å². The predicted molar refractivity (Wildman–Crippen MR) is 211 cm³/mol. The van der Waals surface area contributed by atoms with E-state index in [1.54, 1.807) is 16.2 Å². The van der Waals surface area contributed by atoms with E-state index in [9.17, 15) is 9.59 Å². The number of nitrogens with zero attached hydrogens (tertiary/aromatic N) is 2. The van der Waals surface area contributed by atoms with Crippen LogP contribution in [0.15, 0.2) is 72.8 Å². The summed E-state index contributed by atoms with van der Waals surface area (Å²) in [7, 11) is 3.31. The number of para-hydroxylation sites is 1. The molecule has 0 radical (unpaired) electrons. The van der Waals surface area contributed by atoms with Crippen LogP contribution in [-0.4, -0.2) is 73.5 Å². The lowest BCUT2D eigenvalue weighted by molar-refractivity contribution is -0.0891. The molecule has 276 valence electrons. The Morgan fingerprint density at radius 1 is 0.904 bits per heavy atom. The number of hydrogen-bond acceptors (Lipinski definition) is 8. The van der Waals surface area contributed by atoms with E-state index in [1.807, 2.05) is 70.4 Å². The van der Waals surface area contributed by atoms with Crippen LogP contribution in [0, 0.1) is 5.92 Å². The highest BCUT2D eigenvalue weighted by Gasteiger charge is 2.40. The van der Waals surface area contributed by atoms with E-state index in [-0.39, 0.29) is 17.7 Å². The molecule has 8 nitrogen and oxygen atoms in total. The Morgan fingerprint density at radius 2 is 1.60 bits per heavy atom. The average molecular weight is 724 g/mol. The Balaban J connectivity index is 0.000000276. The maximum atomic E-state index is 12.6. The lowest BCUT2D eigenvalue weighted by Gasteiger charge is -2.44. The van der Waals surface area contributed by atoms with Gasteiger partial charge in [0.05, 0.1) is 28.5 Å². The Morgan fingerprint density at radius 3 is 2.23 bits per heavy atom. The first kappa shape index (κ1) is 37.7. The summed E-state index contributed by atoms with van der Waals surface area (Å²) in [6.07, 6.45) is 11.8. The number of carbonyl (C=O) groups is 2. The fourth-order valence-corrected chi connectivity index (χ4v) is 8.71. The van der Waals surface area contributed by atoms with E-state index < -0.39 is 5.60 Å². The number of ether oxygens (including phenoxy) is 3. The van der Waals surface area contributed by atoms with Gasteiger partial charge < -0.3 is 24.4 Å². The predicted octanol–water partition coefficient (Wildman–Crippen LogP) is 9.78. The quantitative estimate of drug-likeness (QED) is 0.198. The number of piperidine rings is 1. The molecule has 3 heterocycles. The van der Waals surface area contributed by atoms with Crippen LogP contribution in [-0.2, 0) is 14.2 Å². The van der Waals surface area contributed by atoms with E-state index in [2.05, 4.69) is 35.6 Å². The lowest BCUT2D eigenvalue weighted by atomic mass is 9.72. The fourth-order valence-electron chi connectivity index (χ4n) is 7.74. The minimum atomic E-state index is -0.546. The number of thiazole rings is 1. The van der Waals surface area contributed by atoms with E-state index in [4.69, 9.17) is 19.2 Å². The number of benzene rings is 3. The van der Waals surface area contributed by atoms with Crippen LogP contribution < -0.4 is 5.32 Å². The Kier molecular flexibility index (Phi) is 12.1. The van der Waals surface area contributed by atoms with Crippen LogP contribution in [0.25, 0.3) is 37.5 Å². The topological polar surface area (TPSA) is 90.0 Å². The van der Waals surface area contributed by atoms with Crippen LogP contribution in [0.1, 0.15) is 88.1 Å². The number of amides is 1. The van der Waals surface area contributed by atoms with Gasteiger partial charge in [-0.05, 0) is 118 Å². The highest BCUT2D eigenvalue weighted by atomic mass is 32.1. The molecule has 0 unspecified atom stereocenters. The number of aromatic nitrogens is 1. The van der Waals surface area contributed by atoms with Crippen LogP contribution in [0.2, 0.25) is 0 Å². The molecule has 0 atom stereocenters.